The standard InChI is InChI=1S/C13H11Cl2NO2S3/c14-12(15)11(21-8-9-4-2-1-3-5-9)10(16(17)18)13-19-6-7-20-13/h1-5H,6-8H2. The minimum Gasteiger partial charge on any atom is -0.258 e. The molecule has 8 heteroatoms. The van der Waals surface area contributed by atoms with E-state index in [9.17, 15) is 10.1 Å². The number of nitro groups is 1. The summed E-state index contributed by atoms with van der Waals surface area (Å²) in [5.41, 5.74) is 1.09. The molecule has 0 N–H and O–H groups in total. The Morgan fingerprint density at radius 3 is 2.38 bits per heavy atom. The summed E-state index contributed by atoms with van der Waals surface area (Å²) in [4.78, 5) is 11.3. The van der Waals surface area contributed by atoms with E-state index >= 15 is 0 Å². The van der Waals surface area contributed by atoms with Gasteiger partial charge in [0.1, 0.15) is 13.6 Å². The molecule has 3 nitrogen and oxygen atoms in total. The molecule has 0 amide bonds. The fraction of sp³-hybridized carbons (Fsp3) is 0.231. The molecule has 0 saturated carbocycles. The van der Waals surface area contributed by atoms with Gasteiger partial charge < -0.3 is 0 Å². The molecule has 2 rings (SSSR count). The van der Waals surface area contributed by atoms with Crippen LogP contribution >= 0.6 is 58.5 Å². The maximum Gasteiger partial charge on any atom is 0.305 e. The van der Waals surface area contributed by atoms with Crippen LogP contribution in [0.15, 0.2) is 49.7 Å². The van der Waals surface area contributed by atoms with Crippen LogP contribution in [0.5, 0.6) is 0 Å². The van der Waals surface area contributed by atoms with Crippen LogP contribution < -0.4 is 0 Å². The Hall–Kier alpha value is -0.270. The number of hydrogen-bond donors (Lipinski definition) is 0. The molecular formula is C13H11Cl2NO2S3. The van der Waals surface area contributed by atoms with Crippen LogP contribution in [0.4, 0.5) is 0 Å². The van der Waals surface area contributed by atoms with Gasteiger partial charge in [0, 0.05) is 17.3 Å². The summed E-state index contributed by atoms with van der Waals surface area (Å²) >= 11 is 16.0. The monoisotopic (exact) mass is 379 g/mol. The normalized spacial score (nSPS) is 14.1. The summed E-state index contributed by atoms with van der Waals surface area (Å²) in [6.45, 7) is 0. The van der Waals surface area contributed by atoms with Crippen molar-refractivity contribution in [2.45, 2.75) is 5.75 Å². The number of rotatable bonds is 5. The van der Waals surface area contributed by atoms with E-state index in [1.54, 1.807) is 0 Å². The predicted octanol–water partition coefficient (Wildman–Crippen LogP) is 5.49. The molecule has 0 unspecified atom stereocenters. The molecule has 1 aromatic rings. The van der Waals surface area contributed by atoms with Gasteiger partial charge in [0.05, 0.1) is 4.92 Å². The van der Waals surface area contributed by atoms with Crippen LogP contribution in [-0.2, 0) is 5.75 Å². The summed E-state index contributed by atoms with van der Waals surface area (Å²) in [5, 5.41) is 11.4. The number of nitrogens with zero attached hydrogens (tertiary/aromatic N) is 1. The third kappa shape index (κ3) is 4.86. The Kier molecular flexibility index (Phi) is 6.82. The maximum atomic E-state index is 11.4. The van der Waals surface area contributed by atoms with Crippen LogP contribution in [0.2, 0.25) is 0 Å². The molecule has 1 saturated heterocycles. The number of thioether (sulfide) groups is 3. The Balaban J connectivity index is 2.24. The van der Waals surface area contributed by atoms with Gasteiger partial charge in [-0.2, -0.15) is 0 Å². The van der Waals surface area contributed by atoms with Gasteiger partial charge in [0.2, 0.25) is 0 Å². The smallest absolute Gasteiger partial charge is 0.258 e. The van der Waals surface area contributed by atoms with Crippen LogP contribution in [0.1, 0.15) is 5.56 Å². The zero-order valence-electron chi connectivity index (χ0n) is 10.8. The lowest BCUT2D eigenvalue weighted by atomic mass is 10.2. The van der Waals surface area contributed by atoms with Gasteiger partial charge in [-0.1, -0.05) is 53.5 Å². The van der Waals surface area contributed by atoms with Crippen molar-refractivity contribution in [3.05, 3.63) is 65.3 Å². The fourth-order valence-electron chi connectivity index (χ4n) is 1.64. The van der Waals surface area contributed by atoms with E-state index in [1.165, 1.54) is 35.3 Å². The van der Waals surface area contributed by atoms with E-state index in [1.807, 2.05) is 30.3 Å². The van der Waals surface area contributed by atoms with Gasteiger partial charge in [-0.3, -0.25) is 10.1 Å². The molecule has 1 fully saturated rings. The third-order valence-electron chi connectivity index (χ3n) is 2.54. The molecule has 0 spiro atoms. The second-order valence-corrected chi connectivity index (χ2v) is 8.36. The van der Waals surface area contributed by atoms with E-state index in [2.05, 4.69) is 0 Å². The van der Waals surface area contributed by atoms with E-state index in [-0.39, 0.29) is 10.2 Å². The zero-order valence-corrected chi connectivity index (χ0v) is 14.7. The minimum absolute atomic E-state index is 0.0310. The van der Waals surface area contributed by atoms with Gasteiger partial charge in [-0.05, 0) is 5.56 Å². The molecule has 1 aliphatic heterocycles. The van der Waals surface area contributed by atoms with Crippen LogP contribution in [0, 0.1) is 10.1 Å². The first-order valence-corrected chi connectivity index (χ1v) is 9.67. The van der Waals surface area contributed by atoms with Crippen molar-refractivity contribution in [1.82, 2.24) is 0 Å². The summed E-state index contributed by atoms with van der Waals surface area (Å²) < 4.78 is 0.637. The van der Waals surface area contributed by atoms with Crippen molar-refractivity contribution < 1.29 is 4.92 Å². The lowest BCUT2D eigenvalue weighted by molar-refractivity contribution is -0.419. The largest absolute Gasteiger partial charge is 0.305 e. The van der Waals surface area contributed by atoms with E-state index in [0.717, 1.165) is 17.1 Å². The molecule has 0 radical (unpaired) electrons. The van der Waals surface area contributed by atoms with Crippen LogP contribution in [0.3, 0.4) is 0 Å². The van der Waals surface area contributed by atoms with E-state index in [4.69, 9.17) is 23.2 Å². The van der Waals surface area contributed by atoms with Gasteiger partial charge in [-0.25, -0.2) is 0 Å². The molecule has 0 bridgehead atoms. The quantitative estimate of drug-likeness (QED) is 0.499. The second kappa shape index (κ2) is 8.39. The Morgan fingerprint density at radius 2 is 1.86 bits per heavy atom. The van der Waals surface area contributed by atoms with E-state index in [0.29, 0.717) is 14.9 Å². The average molecular weight is 380 g/mol. The lowest BCUT2D eigenvalue weighted by Crippen LogP contribution is -2.03. The van der Waals surface area contributed by atoms with Gasteiger partial charge >= 0.3 is 5.70 Å². The van der Waals surface area contributed by atoms with Gasteiger partial charge in [0.25, 0.3) is 0 Å². The summed E-state index contributed by atoms with van der Waals surface area (Å²) in [6, 6.07) is 9.71. The highest BCUT2D eigenvalue weighted by atomic mass is 35.5. The Labute approximate surface area is 145 Å². The SMILES string of the molecule is O=[N+]([O-])C(=C1SCCS1)C(SCc1ccccc1)=C(Cl)Cl. The molecule has 0 aliphatic carbocycles. The topological polar surface area (TPSA) is 43.1 Å². The van der Waals surface area contributed by atoms with Crippen LogP contribution in [-0.4, -0.2) is 16.4 Å². The highest BCUT2D eigenvalue weighted by molar-refractivity contribution is 8.25. The summed E-state index contributed by atoms with van der Waals surface area (Å²) in [7, 11) is 0. The van der Waals surface area contributed by atoms with E-state index < -0.39 is 4.92 Å². The molecule has 1 aromatic carbocycles. The van der Waals surface area contributed by atoms with Crippen molar-refractivity contribution in [2.24, 2.45) is 0 Å². The van der Waals surface area contributed by atoms with Crippen molar-refractivity contribution in [2.75, 3.05) is 11.5 Å². The maximum absolute atomic E-state index is 11.4. The first kappa shape index (κ1) is 17.1. The average Bonchev–Trinajstić information content (AvgIpc) is 2.97. The highest BCUT2D eigenvalue weighted by Gasteiger charge is 2.29. The lowest BCUT2D eigenvalue weighted by Gasteiger charge is -2.07. The Morgan fingerprint density at radius 1 is 1.24 bits per heavy atom. The Bertz CT molecular complexity index is 578. The van der Waals surface area contributed by atoms with Gasteiger partial charge in [0.15, 0.2) is 0 Å². The first-order valence-electron chi connectivity index (χ1n) is 5.96. The predicted molar refractivity (Wildman–Crippen MR) is 95.4 cm³/mol. The molecule has 0 aromatic heterocycles. The summed E-state index contributed by atoms with van der Waals surface area (Å²) in [5.74, 6) is 2.32. The molecule has 1 heterocycles. The third-order valence-corrected chi connectivity index (χ3v) is 7.00. The van der Waals surface area contributed by atoms with Gasteiger partial charge in [-0.15, -0.1) is 35.3 Å². The van der Waals surface area contributed by atoms with Crippen molar-refractivity contribution >= 4 is 58.5 Å². The molecule has 112 valence electrons. The zero-order chi connectivity index (χ0) is 15.2. The number of halogens is 2. The fourth-order valence-corrected chi connectivity index (χ4v) is 5.70. The summed E-state index contributed by atoms with van der Waals surface area (Å²) in [6.07, 6.45) is 0. The number of benzene rings is 1. The molecule has 1 aliphatic rings. The molecule has 0 atom stereocenters. The molecule has 21 heavy (non-hydrogen) atoms. The second-order valence-electron chi connectivity index (χ2n) is 3.95. The van der Waals surface area contributed by atoms with Crippen LogP contribution in [0.25, 0.3) is 0 Å². The molecular weight excluding hydrogens is 369 g/mol. The highest BCUT2D eigenvalue weighted by Crippen LogP contribution is 2.45. The van der Waals surface area contributed by atoms with Crippen molar-refractivity contribution in [3.63, 3.8) is 0 Å². The van der Waals surface area contributed by atoms with Crippen molar-refractivity contribution in [3.8, 4) is 0 Å². The first-order chi connectivity index (χ1) is 10.1. The number of hydrogen-bond acceptors (Lipinski definition) is 5. The van der Waals surface area contributed by atoms with Crippen molar-refractivity contribution in [1.29, 1.82) is 0 Å². The minimum atomic E-state index is -0.390.